The summed E-state index contributed by atoms with van der Waals surface area (Å²) in [4.78, 5) is 2.38. The molecule has 0 aromatic heterocycles. The molecule has 0 spiro atoms. The fourth-order valence-corrected chi connectivity index (χ4v) is 2.19. The van der Waals surface area contributed by atoms with Gasteiger partial charge in [0.25, 0.3) is 0 Å². The number of hydrogen-bond acceptors (Lipinski definition) is 3. The van der Waals surface area contributed by atoms with Gasteiger partial charge in [-0.05, 0) is 0 Å². The molecule has 0 fully saturated rings. The second-order valence-corrected chi connectivity index (χ2v) is 5.67. The standard InChI is InChI=1S/C5H12N.2CH3O.CH3.Sn/c1-3-4-5(2)6;2*1-2;;/h5H,1,3-4,6H2,2H3;2*1H3;1H3;/q;2*-1;;+2. The van der Waals surface area contributed by atoms with E-state index in [0.717, 1.165) is 14.2 Å². The van der Waals surface area contributed by atoms with Crippen molar-refractivity contribution in [2.24, 2.45) is 5.73 Å². The van der Waals surface area contributed by atoms with Crippen molar-refractivity contribution in [1.29, 1.82) is 0 Å². The van der Waals surface area contributed by atoms with E-state index in [4.69, 9.17) is 15.9 Å². The third kappa shape index (κ3) is 31.0. The molecule has 0 aliphatic carbocycles. The summed E-state index contributed by atoms with van der Waals surface area (Å²) in [5.74, 6) is 0. The van der Waals surface area contributed by atoms with Crippen LogP contribution in [0.1, 0.15) is 19.8 Å². The Morgan fingerprint density at radius 2 is 1.67 bits per heavy atom. The maximum absolute atomic E-state index is 8.25. The molecule has 0 bridgehead atoms. The van der Waals surface area contributed by atoms with Gasteiger partial charge in [-0.15, -0.1) is 0 Å². The molecular formula is C8H21NO2Sn. The van der Waals surface area contributed by atoms with Crippen molar-refractivity contribution in [3.8, 4) is 0 Å². The average molecular weight is 282 g/mol. The molecule has 0 aliphatic heterocycles. The minimum atomic E-state index is 0.0953. The summed E-state index contributed by atoms with van der Waals surface area (Å²) in [6.45, 7) is 2.08. The van der Waals surface area contributed by atoms with Gasteiger partial charge < -0.3 is 10.2 Å². The summed E-state index contributed by atoms with van der Waals surface area (Å²) in [5.41, 5.74) is 5.55. The fraction of sp³-hybridized carbons (Fsp3) is 1.00. The summed E-state index contributed by atoms with van der Waals surface area (Å²) < 4.78 is 1.50. The third-order valence-corrected chi connectivity index (χ3v) is 3.52. The Kier molecular flexibility index (Phi) is 34.7. The van der Waals surface area contributed by atoms with E-state index in [0.29, 0.717) is 6.04 Å². The summed E-state index contributed by atoms with van der Waals surface area (Å²) >= 11 is 0.0953. The van der Waals surface area contributed by atoms with Crippen molar-refractivity contribution in [2.45, 2.75) is 35.2 Å². The van der Waals surface area contributed by atoms with Crippen molar-refractivity contribution in [2.75, 3.05) is 14.2 Å². The van der Waals surface area contributed by atoms with Gasteiger partial charge in [-0.2, -0.15) is 14.2 Å². The molecule has 0 saturated carbocycles. The first-order chi connectivity index (χ1) is 5.77. The van der Waals surface area contributed by atoms with Crippen LogP contribution >= 0.6 is 0 Å². The van der Waals surface area contributed by atoms with Crippen molar-refractivity contribution in [1.82, 2.24) is 0 Å². The van der Waals surface area contributed by atoms with Crippen LogP contribution in [0.3, 0.4) is 0 Å². The van der Waals surface area contributed by atoms with E-state index in [-0.39, 0.29) is 21.1 Å². The van der Waals surface area contributed by atoms with Crippen LogP contribution in [0.2, 0.25) is 9.38 Å². The van der Waals surface area contributed by atoms with Gasteiger partial charge in [0.15, 0.2) is 0 Å². The molecule has 0 amide bonds. The van der Waals surface area contributed by atoms with Gasteiger partial charge in [0.1, 0.15) is 0 Å². The molecule has 4 heteroatoms. The predicted molar refractivity (Wildman–Crippen MR) is 51.2 cm³/mol. The molecule has 0 rings (SSSR count). The van der Waals surface area contributed by atoms with Crippen LogP contribution in [0.5, 0.6) is 0 Å². The molecule has 1 unspecified atom stereocenters. The molecule has 12 heavy (non-hydrogen) atoms. The molecule has 0 aromatic carbocycles. The second kappa shape index (κ2) is 22.6. The molecular weight excluding hydrogens is 261 g/mol. The van der Waals surface area contributed by atoms with Crippen LogP contribution < -0.4 is 15.9 Å². The maximum atomic E-state index is 8.25. The molecule has 0 saturated heterocycles. The first-order valence-corrected chi connectivity index (χ1v) is 8.86. The number of nitrogens with two attached hydrogens (primary N) is 1. The van der Waals surface area contributed by atoms with E-state index in [1.54, 1.807) is 0 Å². The van der Waals surface area contributed by atoms with Crippen molar-refractivity contribution in [3.63, 3.8) is 0 Å². The van der Waals surface area contributed by atoms with Gasteiger partial charge in [0, 0.05) is 0 Å². The second-order valence-electron chi connectivity index (χ2n) is 2.22. The first-order valence-electron chi connectivity index (χ1n) is 3.99. The Bertz CT molecular complexity index is 54.3. The molecule has 0 aliphatic rings. The molecule has 2 N–H and O–H groups in total. The third-order valence-electron chi connectivity index (χ3n) is 1.09. The van der Waals surface area contributed by atoms with E-state index in [9.17, 15) is 0 Å². The number of rotatable bonds is 4. The molecule has 0 aromatic rings. The quantitative estimate of drug-likeness (QED) is 0.544. The predicted octanol–water partition coefficient (Wildman–Crippen LogP) is -0.763. The average Bonchev–Trinajstić information content (AvgIpc) is 2.12. The van der Waals surface area contributed by atoms with Crippen molar-refractivity contribution >= 4 is 21.1 Å². The van der Waals surface area contributed by atoms with E-state index >= 15 is 0 Å². The van der Waals surface area contributed by atoms with Gasteiger partial charge in [-0.3, -0.25) is 0 Å². The van der Waals surface area contributed by atoms with E-state index < -0.39 is 0 Å². The normalized spacial score (nSPS) is 9.58. The summed E-state index contributed by atoms with van der Waals surface area (Å²) in [5, 5.41) is 16.5. The summed E-state index contributed by atoms with van der Waals surface area (Å²) in [6, 6.07) is 0.431. The van der Waals surface area contributed by atoms with Gasteiger partial charge in [-0.1, -0.05) is 0 Å². The zero-order chi connectivity index (χ0) is 10.4. The Labute approximate surface area is 86.6 Å². The molecule has 1 atom stereocenters. The zero-order valence-corrected chi connectivity index (χ0v) is 11.4. The van der Waals surface area contributed by atoms with Crippen molar-refractivity contribution < 1.29 is 10.2 Å². The van der Waals surface area contributed by atoms with Gasteiger partial charge in [-0.25, -0.2) is 0 Å². The first kappa shape index (κ1) is 18.5. The topological polar surface area (TPSA) is 72.1 Å². The summed E-state index contributed by atoms with van der Waals surface area (Å²) in [7, 11) is 1.50. The Morgan fingerprint density at radius 3 is 1.92 bits per heavy atom. The van der Waals surface area contributed by atoms with Crippen LogP contribution in [0.4, 0.5) is 0 Å². The van der Waals surface area contributed by atoms with Gasteiger partial charge >= 0.3 is 62.1 Å². The van der Waals surface area contributed by atoms with Gasteiger partial charge in [0.05, 0.1) is 0 Å². The van der Waals surface area contributed by atoms with Crippen LogP contribution in [0, 0.1) is 0 Å². The summed E-state index contributed by atoms with van der Waals surface area (Å²) in [6.07, 6.45) is 2.61. The van der Waals surface area contributed by atoms with Gasteiger partial charge in [0.2, 0.25) is 0 Å². The zero-order valence-electron chi connectivity index (χ0n) is 8.59. The molecule has 0 heterocycles. The van der Waals surface area contributed by atoms with Crippen LogP contribution in [-0.2, 0) is 0 Å². The molecule has 74 valence electrons. The monoisotopic (exact) mass is 283 g/mol. The van der Waals surface area contributed by atoms with Crippen LogP contribution in [-0.4, -0.2) is 41.4 Å². The molecule has 0 radical (unpaired) electrons. The molecule has 3 nitrogen and oxygen atoms in total. The number of hydrogen-bond donors (Lipinski definition) is 1. The Hall–Kier alpha value is 0.679. The van der Waals surface area contributed by atoms with Crippen LogP contribution in [0.25, 0.3) is 0 Å². The Morgan fingerprint density at radius 1 is 1.25 bits per heavy atom. The van der Waals surface area contributed by atoms with Crippen molar-refractivity contribution in [3.05, 3.63) is 0 Å². The van der Waals surface area contributed by atoms with Crippen LogP contribution in [0.15, 0.2) is 0 Å². The SMILES string of the molecule is C[O-].C[O-].[CH3][Sn+2][CH2]CCC(C)N. The Balaban J connectivity index is -0.000000175. The van der Waals surface area contributed by atoms with E-state index in [2.05, 4.69) is 11.9 Å². The fourth-order valence-electron chi connectivity index (χ4n) is 0.601. The minimum absolute atomic E-state index is 0.0953. The van der Waals surface area contributed by atoms with E-state index in [1.807, 2.05) is 0 Å². The van der Waals surface area contributed by atoms with E-state index in [1.165, 1.54) is 17.3 Å².